The molecule has 1 aliphatic rings. The fraction of sp³-hybridized carbons (Fsp3) is 0.462. The number of halogens is 1. The van der Waals surface area contributed by atoms with Crippen molar-refractivity contribution >= 4 is 28.2 Å². The standard InChI is InChI=1S/C13H15ClO3S/c1-9-13(6-7-17-9)18(16)8-12(15)10-4-2-3-5-11(10)14/h2-5,9,13H,6-8H2,1H3. The van der Waals surface area contributed by atoms with Gasteiger partial charge in [0.2, 0.25) is 0 Å². The molecule has 1 heterocycles. The van der Waals surface area contributed by atoms with Crippen molar-refractivity contribution in [2.45, 2.75) is 24.7 Å². The summed E-state index contributed by atoms with van der Waals surface area (Å²) in [7, 11) is -1.20. The monoisotopic (exact) mass is 286 g/mol. The van der Waals surface area contributed by atoms with Gasteiger partial charge in [0, 0.05) is 23.0 Å². The number of benzene rings is 1. The van der Waals surface area contributed by atoms with Gasteiger partial charge in [0.15, 0.2) is 5.78 Å². The van der Waals surface area contributed by atoms with Crippen LogP contribution in [0.4, 0.5) is 0 Å². The van der Waals surface area contributed by atoms with Crippen molar-refractivity contribution in [3.05, 3.63) is 34.9 Å². The Morgan fingerprint density at radius 3 is 2.83 bits per heavy atom. The molecule has 0 N–H and O–H groups in total. The molecule has 1 aromatic rings. The Labute approximate surface area is 114 Å². The molecule has 1 aromatic carbocycles. The van der Waals surface area contributed by atoms with E-state index in [1.165, 1.54) is 0 Å². The van der Waals surface area contributed by atoms with Crippen LogP contribution in [0.25, 0.3) is 0 Å². The highest BCUT2D eigenvalue weighted by molar-refractivity contribution is 7.86. The fourth-order valence-electron chi connectivity index (χ4n) is 2.06. The Morgan fingerprint density at radius 2 is 2.22 bits per heavy atom. The summed E-state index contributed by atoms with van der Waals surface area (Å²) in [6, 6.07) is 6.85. The zero-order chi connectivity index (χ0) is 13.1. The molecule has 98 valence electrons. The van der Waals surface area contributed by atoms with Crippen LogP contribution in [0.5, 0.6) is 0 Å². The van der Waals surface area contributed by atoms with Gasteiger partial charge in [-0.3, -0.25) is 9.00 Å². The lowest BCUT2D eigenvalue weighted by Gasteiger charge is -2.13. The minimum absolute atomic E-state index is 0.0160. The molecule has 0 saturated carbocycles. The normalized spacial score (nSPS) is 25.0. The van der Waals surface area contributed by atoms with Gasteiger partial charge in [-0.1, -0.05) is 23.7 Å². The van der Waals surface area contributed by atoms with Crippen molar-refractivity contribution in [1.82, 2.24) is 0 Å². The number of ether oxygens (including phenoxy) is 1. The lowest BCUT2D eigenvalue weighted by Crippen LogP contribution is -2.27. The van der Waals surface area contributed by atoms with Gasteiger partial charge in [0.25, 0.3) is 0 Å². The molecule has 18 heavy (non-hydrogen) atoms. The fourth-order valence-corrected chi connectivity index (χ4v) is 3.79. The molecule has 1 saturated heterocycles. The van der Waals surface area contributed by atoms with Crippen molar-refractivity contribution < 1.29 is 13.7 Å². The summed E-state index contributed by atoms with van der Waals surface area (Å²) in [6.07, 6.45) is 0.716. The van der Waals surface area contributed by atoms with Gasteiger partial charge >= 0.3 is 0 Å². The molecule has 0 radical (unpaired) electrons. The molecule has 2 rings (SSSR count). The third-order valence-corrected chi connectivity index (χ3v) is 5.26. The predicted molar refractivity (Wildman–Crippen MR) is 72.6 cm³/mol. The van der Waals surface area contributed by atoms with Crippen LogP contribution in [-0.4, -0.2) is 33.7 Å². The molecule has 1 fully saturated rings. The van der Waals surface area contributed by atoms with Gasteiger partial charge in [-0.2, -0.15) is 0 Å². The van der Waals surface area contributed by atoms with E-state index in [0.717, 1.165) is 6.42 Å². The Morgan fingerprint density at radius 1 is 1.50 bits per heavy atom. The van der Waals surface area contributed by atoms with E-state index in [1.54, 1.807) is 24.3 Å². The van der Waals surface area contributed by atoms with Crippen LogP contribution >= 0.6 is 11.6 Å². The third-order valence-electron chi connectivity index (χ3n) is 3.09. The van der Waals surface area contributed by atoms with Crippen LogP contribution in [0.15, 0.2) is 24.3 Å². The van der Waals surface area contributed by atoms with Gasteiger partial charge in [0.05, 0.1) is 22.1 Å². The van der Waals surface area contributed by atoms with E-state index < -0.39 is 10.8 Å². The molecule has 0 aromatic heterocycles. The molecule has 1 aliphatic heterocycles. The second-order valence-corrected chi connectivity index (χ2v) is 6.39. The number of carbonyl (C=O) groups is 1. The second kappa shape index (κ2) is 5.95. The number of ketones is 1. The largest absolute Gasteiger partial charge is 0.377 e. The van der Waals surface area contributed by atoms with Gasteiger partial charge in [-0.15, -0.1) is 0 Å². The minimum atomic E-state index is -1.20. The minimum Gasteiger partial charge on any atom is -0.377 e. The molecular weight excluding hydrogens is 272 g/mol. The summed E-state index contributed by atoms with van der Waals surface area (Å²) in [4.78, 5) is 12.0. The average Bonchev–Trinajstić information content (AvgIpc) is 2.76. The van der Waals surface area contributed by atoms with Gasteiger partial charge in [-0.05, 0) is 25.5 Å². The van der Waals surface area contributed by atoms with Crippen molar-refractivity contribution in [2.75, 3.05) is 12.4 Å². The highest BCUT2D eigenvalue weighted by Crippen LogP contribution is 2.21. The van der Waals surface area contributed by atoms with Crippen LogP contribution < -0.4 is 0 Å². The van der Waals surface area contributed by atoms with Crippen LogP contribution in [0.2, 0.25) is 5.02 Å². The number of Topliss-reactive ketones (excluding diaryl/α,β-unsaturated/α-hetero) is 1. The molecule has 3 atom stereocenters. The summed E-state index contributed by atoms with van der Waals surface area (Å²) < 4.78 is 17.5. The average molecular weight is 287 g/mol. The van der Waals surface area contributed by atoms with Gasteiger partial charge in [0.1, 0.15) is 0 Å². The Bertz CT molecular complexity index is 475. The summed E-state index contributed by atoms with van der Waals surface area (Å²) in [6.45, 7) is 2.52. The summed E-state index contributed by atoms with van der Waals surface area (Å²) in [5, 5.41) is 0.367. The van der Waals surface area contributed by atoms with Crippen LogP contribution in [-0.2, 0) is 15.5 Å². The molecular formula is C13H15ClO3S. The van der Waals surface area contributed by atoms with E-state index >= 15 is 0 Å². The van der Waals surface area contributed by atoms with Crippen LogP contribution in [0, 0.1) is 0 Å². The van der Waals surface area contributed by atoms with E-state index in [9.17, 15) is 9.00 Å². The zero-order valence-corrected chi connectivity index (χ0v) is 11.7. The molecule has 0 bridgehead atoms. The first-order valence-electron chi connectivity index (χ1n) is 5.86. The molecule has 0 aliphatic carbocycles. The summed E-state index contributed by atoms with van der Waals surface area (Å²) >= 11 is 5.95. The van der Waals surface area contributed by atoms with Gasteiger partial charge in [-0.25, -0.2) is 0 Å². The zero-order valence-electron chi connectivity index (χ0n) is 10.1. The van der Waals surface area contributed by atoms with Crippen molar-refractivity contribution in [3.63, 3.8) is 0 Å². The third kappa shape index (κ3) is 2.99. The number of hydrogen-bond acceptors (Lipinski definition) is 3. The Balaban J connectivity index is 2.04. The van der Waals surface area contributed by atoms with E-state index in [0.29, 0.717) is 17.2 Å². The first-order valence-corrected chi connectivity index (χ1v) is 7.62. The lowest BCUT2D eigenvalue weighted by molar-refractivity contribution is 0.102. The van der Waals surface area contributed by atoms with Crippen molar-refractivity contribution in [2.24, 2.45) is 0 Å². The van der Waals surface area contributed by atoms with Crippen molar-refractivity contribution in [3.8, 4) is 0 Å². The Kier molecular flexibility index (Phi) is 4.54. The summed E-state index contributed by atoms with van der Waals surface area (Å²) in [5.74, 6) is -0.153. The SMILES string of the molecule is CC1OCCC1S(=O)CC(=O)c1ccccc1Cl. The van der Waals surface area contributed by atoms with Crippen molar-refractivity contribution in [1.29, 1.82) is 0 Å². The maximum Gasteiger partial charge on any atom is 0.176 e. The smallest absolute Gasteiger partial charge is 0.176 e. The highest BCUT2D eigenvalue weighted by Gasteiger charge is 2.30. The highest BCUT2D eigenvalue weighted by atomic mass is 35.5. The van der Waals surface area contributed by atoms with E-state index in [1.807, 2.05) is 6.92 Å². The lowest BCUT2D eigenvalue weighted by atomic mass is 10.1. The summed E-state index contributed by atoms with van der Waals surface area (Å²) in [5.41, 5.74) is 0.444. The molecule has 3 unspecified atom stereocenters. The maximum absolute atomic E-state index is 12.1. The van der Waals surface area contributed by atoms with Gasteiger partial charge < -0.3 is 4.74 Å². The number of rotatable bonds is 4. The number of hydrogen-bond donors (Lipinski definition) is 0. The van der Waals surface area contributed by atoms with Crippen LogP contribution in [0.3, 0.4) is 0 Å². The quantitative estimate of drug-likeness (QED) is 0.799. The van der Waals surface area contributed by atoms with E-state index in [-0.39, 0.29) is 22.9 Å². The first kappa shape index (κ1) is 13.7. The van der Waals surface area contributed by atoms with E-state index in [2.05, 4.69) is 0 Å². The molecule has 3 nitrogen and oxygen atoms in total. The number of carbonyl (C=O) groups excluding carboxylic acids is 1. The topological polar surface area (TPSA) is 43.4 Å². The maximum atomic E-state index is 12.1. The van der Waals surface area contributed by atoms with E-state index in [4.69, 9.17) is 16.3 Å². The molecule has 0 amide bonds. The predicted octanol–water partition coefficient (Wildman–Crippen LogP) is 2.45. The Hall–Kier alpha value is -0.710. The second-order valence-electron chi connectivity index (χ2n) is 4.33. The first-order chi connectivity index (χ1) is 8.59. The van der Waals surface area contributed by atoms with Crippen LogP contribution in [0.1, 0.15) is 23.7 Å². The molecule has 0 spiro atoms. The molecule has 5 heteroatoms.